The number of hydrogen-bond acceptors (Lipinski definition) is 8. The van der Waals surface area contributed by atoms with E-state index >= 15 is 0 Å². The second-order valence-electron chi connectivity index (χ2n) is 11.8. The fourth-order valence-electron chi connectivity index (χ4n) is 5.65. The molecule has 4 N–H and O–H groups in total. The van der Waals surface area contributed by atoms with Crippen LogP contribution in [0.3, 0.4) is 0 Å². The van der Waals surface area contributed by atoms with Crippen molar-refractivity contribution in [2.45, 2.75) is 0 Å². The molecule has 0 aliphatic carbocycles. The van der Waals surface area contributed by atoms with Crippen LogP contribution in [0.25, 0.3) is 67.1 Å². The smallest absolute Gasteiger partial charge is 0.423 e. The summed E-state index contributed by atoms with van der Waals surface area (Å²) in [7, 11) is -3.07. The fourth-order valence-corrected chi connectivity index (χ4v) is 6.18. The van der Waals surface area contributed by atoms with Crippen molar-refractivity contribution in [1.29, 1.82) is 0 Å². The molecule has 12 heteroatoms. The molecule has 0 unspecified atom stereocenters. The van der Waals surface area contributed by atoms with Crippen molar-refractivity contribution in [3.8, 4) is 45.0 Å². The minimum Gasteiger partial charge on any atom is -0.423 e. The number of para-hydroxylation sites is 4. The van der Waals surface area contributed by atoms with Gasteiger partial charge in [0.1, 0.15) is 0 Å². The minimum absolute atomic E-state index is 0.389. The van der Waals surface area contributed by atoms with Crippen molar-refractivity contribution in [3.63, 3.8) is 0 Å². The SMILES string of the molecule is Brc1ccc(-c2nc3ccccc3nc2-c2ccc(Br)cc2)cc1.OB(O)c1ccc(-c2nc3ccccc3nc2-c2ccc(B(O)O)cc2)cc1. The standard InChI is InChI=1S/C20H16B2N2O4.C20H12Br2N2/c25-21(26)15-9-5-13(6-10-15)19-20(14-7-11-16(12-8-14)22(27)28)24-18-4-2-1-3-17(18)23-19;21-15-9-5-13(6-10-15)19-20(14-7-11-16(22)12-8-14)24-18-4-2-1-3-17(18)23-19/h1-12,25-28H;1-12H. The van der Waals surface area contributed by atoms with Crippen LogP contribution < -0.4 is 10.9 Å². The van der Waals surface area contributed by atoms with Gasteiger partial charge < -0.3 is 20.1 Å². The number of nitrogens with zero attached hydrogens (tertiary/aromatic N) is 4. The van der Waals surface area contributed by atoms with Crippen LogP contribution in [-0.2, 0) is 0 Å². The van der Waals surface area contributed by atoms with E-state index in [0.717, 1.165) is 64.7 Å². The molecule has 8 aromatic rings. The van der Waals surface area contributed by atoms with Gasteiger partial charge in [-0.1, -0.05) is 129 Å². The molecule has 0 fully saturated rings. The predicted octanol–water partition coefficient (Wildman–Crippen LogP) is 6.81. The Bertz CT molecular complexity index is 2310. The maximum absolute atomic E-state index is 9.32. The molecule has 2 aromatic heterocycles. The average Bonchev–Trinajstić information content (AvgIpc) is 3.18. The van der Waals surface area contributed by atoms with Crippen LogP contribution in [0.5, 0.6) is 0 Å². The summed E-state index contributed by atoms with van der Waals surface area (Å²) in [6.45, 7) is 0. The molecule has 0 bridgehead atoms. The molecule has 0 aliphatic rings. The van der Waals surface area contributed by atoms with Gasteiger partial charge in [0.15, 0.2) is 0 Å². The molecule has 2 heterocycles. The summed E-state index contributed by atoms with van der Waals surface area (Å²) in [6, 6.07) is 45.4. The Balaban J connectivity index is 0.000000164. The van der Waals surface area contributed by atoms with Gasteiger partial charge in [-0.3, -0.25) is 0 Å². The second-order valence-corrected chi connectivity index (χ2v) is 13.7. The lowest BCUT2D eigenvalue weighted by molar-refractivity contribution is 0.424. The van der Waals surface area contributed by atoms with Crippen LogP contribution in [0, 0.1) is 0 Å². The number of aromatic nitrogens is 4. The van der Waals surface area contributed by atoms with Crippen LogP contribution in [0.4, 0.5) is 0 Å². The fraction of sp³-hybridized carbons (Fsp3) is 0. The minimum atomic E-state index is -1.53. The summed E-state index contributed by atoms with van der Waals surface area (Å²) in [4.78, 5) is 19.3. The molecule has 0 spiro atoms. The zero-order valence-electron chi connectivity index (χ0n) is 27.3. The molecule has 8 nitrogen and oxygen atoms in total. The quantitative estimate of drug-likeness (QED) is 0.135. The maximum atomic E-state index is 9.32. The highest BCUT2D eigenvalue weighted by molar-refractivity contribution is 9.10. The molecule has 6 aromatic carbocycles. The Morgan fingerprint density at radius 2 is 0.558 bits per heavy atom. The number of halogens is 2. The Morgan fingerprint density at radius 3 is 0.788 bits per heavy atom. The van der Waals surface area contributed by atoms with E-state index in [1.54, 1.807) is 48.5 Å². The van der Waals surface area contributed by atoms with Crippen LogP contribution in [0.15, 0.2) is 155 Å². The molecular weight excluding hydrogens is 782 g/mol. The number of rotatable bonds is 6. The van der Waals surface area contributed by atoms with E-state index in [1.807, 2.05) is 72.8 Å². The summed E-state index contributed by atoms with van der Waals surface area (Å²) < 4.78 is 2.09. The van der Waals surface area contributed by atoms with Gasteiger partial charge in [-0.2, -0.15) is 0 Å². The van der Waals surface area contributed by atoms with Gasteiger partial charge in [-0.15, -0.1) is 0 Å². The Hall–Kier alpha value is -5.07. The largest absolute Gasteiger partial charge is 0.488 e. The van der Waals surface area contributed by atoms with Gasteiger partial charge >= 0.3 is 14.2 Å². The summed E-state index contributed by atoms with van der Waals surface area (Å²) in [6.07, 6.45) is 0. The average molecular weight is 810 g/mol. The summed E-state index contributed by atoms with van der Waals surface area (Å²) >= 11 is 6.98. The number of benzene rings is 6. The molecule has 0 saturated carbocycles. The summed E-state index contributed by atoms with van der Waals surface area (Å²) in [5, 5.41) is 37.3. The van der Waals surface area contributed by atoms with Crippen molar-refractivity contribution < 1.29 is 20.1 Å². The lowest BCUT2D eigenvalue weighted by Crippen LogP contribution is -2.29. The first-order valence-corrected chi connectivity index (χ1v) is 17.8. The van der Waals surface area contributed by atoms with Gasteiger partial charge in [0.05, 0.1) is 44.8 Å². The van der Waals surface area contributed by atoms with Crippen LogP contribution >= 0.6 is 31.9 Å². The molecule has 0 radical (unpaired) electrons. The Kier molecular flexibility index (Phi) is 10.6. The first kappa shape index (κ1) is 35.3. The normalized spacial score (nSPS) is 10.9. The maximum Gasteiger partial charge on any atom is 0.488 e. The third-order valence-electron chi connectivity index (χ3n) is 8.34. The van der Waals surface area contributed by atoms with E-state index in [-0.39, 0.29) is 0 Å². The predicted molar refractivity (Wildman–Crippen MR) is 216 cm³/mol. The molecule has 8 rings (SSSR count). The van der Waals surface area contributed by atoms with Crippen molar-refractivity contribution in [3.05, 3.63) is 155 Å². The lowest BCUT2D eigenvalue weighted by atomic mass is 9.79. The van der Waals surface area contributed by atoms with Crippen molar-refractivity contribution in [1.82, 2.24) is 19.9 Å². The first-order chi connectivity index (χ1) is 25.2. The van der Waals surface area contributed by atoms with Crippen LogP contribution in [0.1, 0.15) is 0 Å². The highest BCUT2D eigenvalue weighted by Gasteiger charge is 2.17. The van der Waals surface area contributed by atoms with Gasteiger partial charge in [-0.05, 0) is 59.5 Å². The molecule has 0 saturated heterocycles. The van der Waals surface area contributed by atoms with Crippen LogP contribution in [-0.4, -0.2) is 54.3 Å². The van der Waals surface area contributed by atoms with E-state index in [0.29, 0.717) is 22.3 Å². The third-order valence-corrected chi connectivity index (χ3v) is 9.40. The number of hydrogen-bond donors (Lipinski definition) is 4. The first-order valence-electron chi connectivity index (χ1n) is 16.2. The van der Waals surface area contributed by atoms with E-state index in [2.05, 4.69) is 56.1 Å². The molecular formula is C40H28B2Br2N4O4. The van der Waals surface area contributed by atoms with E-state index in [1.165, 1.54) is 0 Å². The molecule has 0 aliphatic heterocycles. The van der Waals surface area contributed by atoms with Gasteiger partial charge in [0.25, 0.3) is 0 Å². The summed E-state index contributed by atoms with van der Waals surface area (Å²) in [5.74, 6) is 0. The van der Waals surface area contributed by atoms with Crippen LogP contribution in [0.2, 0.25) is 0 Å². The van der Waals surface area contributed by atoms with Crippen molar-refractivity contribution >= 4 is 79.1 Å². The third kappa shape index (κ3) is 7.88. The molecule has 52 heavy (non-hydrogen) atoms. The van der Waals surface area contributed by atoms with Gasteiger partial charge in [0, 0.05) is 31.2 Å². The van der Waals surface area contributed by atoms with E-state index < -0.39 is 14.2 Å². The lowest BCUT2D eigenvalue weighted by Gasteiger charge is -2.12. The zero-order chi connectivity index (χ0) is 36.2. The van der Waals surface area contributed by atoms with E-state index in [4.69, 9.17) is 19.9 Å². The number of fused-ring (bicyclic) bond motifs is 2. The topological polar surface area (TPSA) is 132 Å². The molecule has 0 atom stereocenters. The Morgan fingerprint density at radius 1 is 0.327 bits per heavy atom. The van der Waals surface area contributed by atoms with E-state index in [9.17, 15) is 20.1 Å². The Labute approximate surface area is 317 Å². The van der Waals surface area contributed by atoms with Crippen molar-refractivity contribution in [2.75, 3.05) is 0 Å². The highest BCUT2D eigenvalue weighted by Crippen LogP contribution is 2.33. The zero-order valence-corrected chi connectivity index (χ0v) is 30.5. The van der Waals surface area contributed by atoms with Gasteiger partial charge in [-0.25, -0.2) is 19.9 Å². The second kappa shape index (κ2) is 15.7. The van der Waals surface area contributed by atoms with Crippen molar-refractivity contribution in [2.24, 2.45) is 0 Å². The highest BCUT2D eigenvalue weighted by atomic mass is 79.9. The summed E-state index contributed by atoms with van der Waals surface area (Å²) in [5.41, 5.74) is 10.8. The van der Waals surface area contributed by atoms with Gasteiger partial charge in [0.2, 0.25) is 0 Å². The monoisotopic (exact) mass is 808 g/mol. The molecule has 0 amide bonds. The molecule has 252 valence electrons.